The summed E-state index contributed by atoms with van der Waals surface area (Å²) >= 11 is 5.20. The van der Waals surface area contributed by atoms with Crippen molar-refractivity contribution in [3.8, 4) is 0 Å². The monoisotopic (exact) mass is 597 g/mol. The van der Waals surface area contributed by atoms with Gasteiger partial charge in [0.2, 0.25) is 11.8 Å². The molecule has 0 aromatic carbocycles. The predicted molar refractivity (Wildman–Crippen MR) is 175 cm³/mol. The number of hydrogen-bond acceptors (Lipinski definition) is 5. The Kier molecular flexibility index (Phi) is 31.9. The van der Waals surface area contributed by atoms with Crippen molar-refractivity contribution in [2.24, 2.45) is 0 Å². The molecule has 2 unspecified atom stereocenters. The molecule has 2 atom stereocenters. The maximum atomic E-state index is 11.3. The molecule has 0 radical (unpaired) electrons. The molecule has 4 N–H and O–H groups in total. The SMILES string of the molecule is C.C.C=C(C)C(=O)NCCCN(C)C.C=C(C)C(=O)NCCC[N+](C)(C)CC(O)C[N+](C)(C)C.CCC(O)CCl. The fourth-order valence-corrected chi connectivity index (χ4v) is 3.29. The van der Waals surface area contributed by atoms with Gasteiger partial charge in [0.25, 0.3) is 0 Å². The van der Waals surface area contributed by atoms with E-state index in [1.165, 1.54) is 0 Å². The van der Waals surface area contributed by atoms with E-state index in [1.54, 1.807) is 13.8 Å². The van der Waals surface area contributed by atoms with Crippen LogP contribution in [0.3, 0.4) is 0 Å². The van der Waals surface area contributed by atoms with E-state index in [9.17, 15) is 14.7 Å². The molecule has 10 heteroatoms. The lowest BCUT2D eigenvalue weighted by atomic mass is 10.2. The third-order valence-corrected chi connectivity index (χ3v) is 5.54. The number of aliphatic hydroxyl groups is 2. The molecule has 0 aliphatic carbocycles. The highest BCUT2D eigenvalue weighted by Crippen LogP contribution is 2.05. The molecule has 0 aliphatic rings. The van der Waals surface area contributed by atoms with Gasteiger partial charge in [-0.05, 0) is 47.3 Å². The number of nitrogens with zero attached hydrogens (tertiary/aromatic N) is 3. The first-order chi connectivity index (χ1) is 17.3. The number of hydrogen-bond donors (Lipinski definition) is 4. The number of quaternary nitrogens is 2. The summed E-state index contributed by atoms with van der Waals surface area (Å²) < 4.78 is 1.51. The lowest BCUT2D eigenvalue weighted by Gasteiger charge is -2.34. The van der Waals surface area contributed by atoms with Gasteiger partial charge in [-0.2, -0.15) is 0 Å². The van der Waals surface area contributed by atoms with Crippen LogP contribution in [0.4, 0.5) is 0 Å². The molecule has 0 bridgehead atoms. The summed E-state index contributed by atoms with van der Waals surface area (Å²) in [5, 5.41) is 24.3. The minimum absolute atomic E-state index is 0. The van der Waals surface area contributed by atoms with E-state index in [0.717, 1.165) is 61.0 Å². The zero-order valence-corrected chi connectivity index (χ0v) is 26.8. The predicted octanol–water partition coefficient (Wildman–Crippen LogP) is 3.11. The summed E-state index contributed by atoms with van der Waals surface area (Å²) in [6.45, 7) is 17.2. The largest absolute Gasteiger partial charge is 0.392 e. The van der Waals surface area contributed by atoms with Crippen molar-refractivity contribution < 1.29 is 28.8 Å². The minimum atomic E-state index is -0.310. The van der Waals surface area contributed by atoms with Crippen molar-refractivity contribution in [2.45, 2.75) is 67.1 Å². The van der Waals surface area contributed by atoms with Gasteiger partial charge in [0, 0.05) is 36.5 Å². The van der Waals surface area contributed by atoms with Crippen LogP contribution in [0.25, 0.3) is 0 Å². The summed E-state index contributed by atoms with van der Waals surface area (Å²) in [6, 6.07) is 0. The Labute approximate surface area is 253 Å². The molecule has 0 rings (SSSR count). The maximum absolute atomic E-state index is 11.3. The topological polar surface area (TPSA) is 102 Å². The first-order valence-electron chi connectivity index (χ1n) is 13.3. The molecular formula is C30H68ClN5O4+2. The van der Waals surface area contributed by atoms with Crippen molar-refractivity contribution >= 4 is 23.4 Å². The fourth-order valence-electron chi connectivity index (χ4n) is 3.07. The molecular weight excluding hydrogens is 530 g/mol. The van der Waals surface area contributed by atoms with E-state index in [-0.39, 0.29) is 38.9 Å². The standard InChI is InChI=1S/C15H32N3O2.C9H18N2O.C4H9ClO.2CH4/c1-13(2)15(20)16-9-8-10-18(6,7)12-14(19)11-17(3,4)5;1-8(2)9(12)10-6-5-7-11(3)4;1-2-4(6)3-5;;/h14,19H,1,8-12H2,2-7H3;1,5-7H2,2-4H3,(H,10,12);4,6H,2-3H2,1H3;2*1H4/q+1;;;;/p+1. The van der Waals surface area contributed by atoms with Gasteiger partial charge in [-0.3, -0.25) is 9.59 Å². The second-order valence-corrected chi connectivity index (χ2v) is 12.1. The van der Waals surface area contributed by atoms with Gasteiger partial charge in [-0.25, -0.2) is 0 Å². The Balaban J connectivity index is -0.000000174. The quantitative estimate of drug-likeness (QED) is 0.0948. The molecule has 0 heterocycles. The normalized spacial score (nSPS) is 12.2. The number of nitrogens with one attached hydrogen (secondary N) is 2. The van der Waals surface area contributed by atoms with Crippen LogP contribution in [0.1, 0.15) is 54.9 Å². The number of carbonyl (C=O) groups is 2. The average Bonchev–Trinajstić information content (AvgIpc) is 2.77. The molecule has 0 spiro atoms. The second-order valence-electron chi connectivity index (χ2n) is 11.8. The summed E-state index contributed by atoms with van der Waals surface area (Å²) in [5.41, 5.74) is 1.11. The Morgan fingerprint density at radius 1 is 0.850 bits per heavy atom. The summed E-state index contributed by atoms with van der Waals surface area (Å²) in [7, 11) is 14.5. The van der Waals surface area contributed by atoms with E-state index in [2.05, 4.69) is 63.9 Å². The third-order valence-electron chi connectivity index (χ3n) is 5.18. The van der Waals surface area contributed by atoms with E-state index in [4.69, 9.17) is 16.7 Å². The molecule has 0 aromatic rings. The van der Waals surface area contributed by atoms with Crippen LogP contribution < -0.4 is 10.6 Å². The number of alkyl halides is 1. The lowest BCUT2D eigenvalue weighted by molar-refractivity contribution is -0.907. The Hall–Kier alpha value is -1.49. The van der Waals surface area contributed by atoms with Gasteiger partial charge in [-0.15, -0.1) is 11.6 Å². The molecule has 242 valence electrons. The second kappa shape index (κ2) is 26.4. The van der Waals surface area contributed by atoms with Gasteiger partial charge < -0.3 is 34.7 Å². The van der Waals surface area contributed by atoms with Crippen LogP contribution in [0.5, 0.6) is 0 Å². The first kappa shape index (κ1) is 48.3. The van der Waals surface area contributed by atoms with Crippen molar-refractivity contribution in [3.05, 3.63) is 24.3 Å². The van der Waals surface area contributed by atoms with Gasteiger partial charge in [0.15, 0.2) is 6.10 Å². The maximum Gasteiger partial charge on any atom is 0.246 e. The number of amides is 2. The van der Waals surface area contributed by atoms with Gasteiger partial charge >= 0.3 is 0 Å². The van der Waals surface area contributed by atoms with Crippen LogP contribution in [0, 0.1) is 0 Å². The Morgan fingerprint density at radius 3 is 1.57 bits per heavy atom. The fraction of sp³-hybridized carbons (Fsp3) is 0.800. The molecule has 0 aromatic heterocycles. The molecule has 0 saturated carbocycles. The zero-order chi connectivity index (χ0) is 30.5. The van der Waals surface area contributed by atoms with Crippen LogP contribution in [0.15, 0.2) is 24.3 Å². The number of rotatable bonds is 16. The van der Waals surface area contributed by atoms with Gasteiger partial charge in [0.1, 0.15) is 13.1 Å². The highest BCUT2D eigenvalue weighted by molar-refractivity contribution is 6.18. The van der Waals surface area contributed by atoms with E-state index in [0.29, 0.717) is 23.6 Å². The van der Waals surface area contributed by atoms with Crippen LogP contribution >= 0.6 is 11.6 Å². The Bertz CT molecular complexity index is 676. The number of carbonyl (C=O) groups excluding carboxylic acids is 2. The zero-order valence-electron chi connectivity index (χ0n) is 26.1. The van der Waals surface area contributed by atoms with E-state index in [1.807, 2.05) is 21.0 Å². The highest BCUT2D eigenvalue weighted by atomic mass is 35.5. The molecule has 0 aliphatic heterocycles. The van der Waals surface area contributed by atoms with Gasteiger partial charge in [-0.1, -0.05) is 34.9 Å². The summed E-state index contributed by atoms with van der Waals surface area (Å²) in [6.07, 6.45) is 2.01. The molecule has 9 nitrogen and oxygen atoms in total. The van der Waals surface area contributed by atoms with E-state index < -0.39 is 0 Å². The van der Waals surface area contributed by atoms with Crippen molar-refractivity contribution in [1.82, 2.24) is 15.5 Å². The van der Waals surface area contributed by atoms with Crippen molar-refractivity contribution in [1.29, 1.82) is 0 Å². The third kappa shape index (κ3) is 36.5. The minimum Gasteiger partial charge on any atom is -0.392 e. The van der Waals surface area contributed by atoms with E-state index >= 15 is 0 Å². The summed E-state index contributed by atoms with van der Waals surface area (Å²) in [4.78, 5) is 24.4. The highest BCUT2D eigenvalue weighted by Gasteiger charge is 2.24. The molecule has 0 saturated heterocycles. The van der Waals surface area contributed by atoms with Gasteiger partial charge in [0.05, 0.1) is 47.9 Å². The molecule has 40 heavy (non-hydrogen) atoms. The summed E-state index contributed by atoms with van der Waals surface area (Å²) in [5.74, 6) is 0.227. The first-order valence-corrected chi connectivity index (χ1v) is 13.9. The number of likely N-dealkylation sites (N-methyl/N-ethyl adjacent to an activating group) is 2. The molecule has 2 amide bonds. The van der Waals surface area contributed by atoms with Crippen LogP contribution in [0.2, 0.25) is 0 Å². The van der Waals surface area contributed by atoms with Crippen LogP contribution in [-0.2, 0) is 9.59 Å². The number of halogens is 1. The number of aliphatic hydroxyl groups excluding tert-OH is 2. The van der Waals surface area contributed by atoms with Crippen molar-refractivity contribution in [3.63, 3.8) is 0 Å². The van der Waals surface area contributed by atoms with Crippen molar-refractivity contribution in [2.75, 3.05) is 94.5 Å². The smallest absolute Gasteiger partial charge is 0.246 e. The lowest BCUT2D eigenvalue weighted by Crippen LogP contribution is -2.51. The van der Waals surface area contributed by atoms with Crippen LogP contribution in [-0.4, -0.2) is 143 Å². The Morgan fingerprint density at radius 2 is 1.27 bits per heavy atom. The average molecular weight is 598 g/mol. The molecule has 0 fully saturated rings.